The van der Waals surface area contributed by atoms with Gasteiger partial charge in [0.15, 0.2) is 6.10 Å². The lowest BCUT2D eigenvalue weighted by atomic mass is 10.0. The Labute approximate surface area is 483 Å². The molecule has 0 fully saturated rings. The van der Waals surface area contributed by atoms with Crippen LogP contribution in [0.5, 0.6) is 0 Å². The molecule has 0 saturated heterocycles. The highest BCUT2D eigenvalue weighted by Crippen LogP contribution is 2.17. The van der Waals surface area contributed by atoms with Crippen molar-refractivity contribution in [1.82, 2.24) is 0 Å². The molecule has 0 aromatic carbocycles. The van der Waals surface area contributed by atoms with E-state index in [9.17, 15) is 14.4 Å². The lowest BCUT2D eigenvalue weighted by Gasteiger charge is -2.18. The molecule has 0 spiro atoms. The van der Waals surface area contributed by atoms with Gasteiger partial charge in [-0.25, -0.2) is 0 Å². The van der Waals surface area contributed by atoms with E-state index in [2.05, 4.69) is 118 Å². The van der Waals surface area contributed by atoms with Gasteiger partial charge in [-0.3, -0.25) is 14.4 Å². The van der Waals surface area contributed by atoms with Crippen LogP contribution in [-0.4, -0.2) is 37.2 Å². The standard InChI is InChI=1S/C72H124O6/c1-4-7-10-13-16-18-20-22-24-26-28-29-30-31-32-33-34-35-36-37-38-39-40-41-42-43-45-46-48-50-52-54-56-59-62-65-71(74)77-68-69(67-76-70(73)64-61-58-15-12-9-6-3)78-72(75)66-63-60-57-55-53-51-49-47-44-27-25-23-21-19-17-14-11-8-5-2/h7,10,16-19,22-25,28-29,31-32,44,47,69H,4-6,8-9,11-15,20-21,26-27,30,33-43,45-46,48-68H2,1-3H3/b10-7-,18-16-,19-17-,24-22-,25-23-,29-28-,32-31-,47-44-. The van der Waals surface area contributed by atoms with E-state index in [4.69, 9.17) is 14.2 Å². The van der Waals surface area contributed by atoms with Crippen molar-refractivity contribution in [1.29, 1.82) is 0 Å². The van der Waals surface area contributed by atoms with Crippen molar-refractivity contribution in [2.24, 2.45) is 0 Å². The number of ether oxygens (including phenoxy) is 3. The van der Waals surface area contributed by atoms with E-state index in [0.29, 0.717) is 19.3 Å². The molecule has 1 atom stereocenters. The summed E-state index contributed by atoms with van der Waals surface area (Å²) in [6.45, 7) is 6.45. The minimum Gasteiger partial charge on any atom is -0.462 e. The number of esters is 3. The van der Waals surface area contributed by atoms with Gasteiger partial charge in [-0.15, -0.1) is 0 Å². The van der Waals surface area contributed by atoms with Gasteiger partial charge in [-0.05, 0) is 103 Å². The lowest BCUT2D eigenvalue weighted by Crippen LogP contribution is -2.30. The number of unbranched alkanes of at least 4 members (excludes halogenated alkanes) is 33. The van der Waals surface area contributed by atoms with Gasteiger partial charge in [-0.2, -0.15) is 0 Å². The van der Waals surface area contributed by atoms with E-state index in [1.807, 2.05) is 0 Å². The summed E-state index contributed by atoms with van der Waals surface area (Å²) in [7, 11) is 0. The second-order valence-corrected chi connectivity index (χ2v) is 22.0. The Morgan fingerprint density at radius 1 is 0.269 bits per heavy atom. The molecule has 0 N–H and O–H groups in total. The average Bonchev–Trinajstić information content (AvgIpc) is 3.44. The number of hydrogen-bond acceptors (Lipinski definition) is 6. The van der Waals surface area contributed by atoms with Gasteiger partial charge in [0.1, 0.15) is 13.2 Å². The Morgan fingerprint density at radius 2 is 0.500 bits per heavy atom. The highest BCUT2D eigenvalue weighted by atomic mass is 16.6. The van der Waals surface area contributed by atoms with Crippen LogP contribution in [0.25, 0.3) is 0 Å². The molecule has 0 amide bonds. The average molecular weight is 1090 g/mol. The number of rotatable bonds is 60. The number of allylic oxidation sites excluding steroid dienone is 16. The Hall–Kier alpha value is -3.67. The molecule has 0 aromatic heterocycles. The minimum atomic E-state index is -0.779. The van der Waals surface area contributed by atoms with Gasteiger partial charge in [0.05, 0.1) is 0 Å². The summed E-state index contributed by atoms with van der Waals surface area (Å²) in [5, 5.41) is 0. The summed E-state index contributed by atoms with van der Waals surface area (Å²) >= 11 is 0. The molecule has 0 aliphatic heterocycles. The van der Waals surface area contributed by atoms with Crippen LogP contribution in [0.1, 0.15) is 323 Å². The summed E-state index contributed by atoms with van der Waals surface area (Å²) in [4.78, 5) is 38.0. The Bertz CT molecular complexity index is 1530. The zero-order chi connectivity index (χ0) is 56.4. The van der Waals surface area contributed by atoms with Crippen molar-refractivity contribution in [2.75, 3.05) is 13.2 Å². The quantitative estimate of drug-likeness (QED) is 0.0261. The first kappa shape index (κ1) is 74.3. The van der Waals surface area contributed by atoms with E-state index >= 15 is 0 Å². The molecule has 0 rings (SSSR count). The summed E-state index contributed by atoms with van der Waals surface area (Å²) in [5.74, 6) is -0.890. The first-order valence-corrected chi connectivity index (χ1v) is 33.2. The van der Waals surface area contributed by atoms with Crippen LogP contribution in [0.15, 0.2) is 97.2 Å². The molecule has 0 radical (unpaired) electrons. The predicted molar refractivity (Wildman–Crippen MR) is 339 cm³/mol. The lowest BCUT2D eigenvalue weighted by molar-refractivity contribution is -0.167. The molecule has 6 heteroatoms. The maximum Gasteiger partial charge on any atom is 0.306 e. The van der Waals surface area contributed by atoms with Crippen molar-refractivity contribution in [3.05, 3.63) is 97.2 Å². The first-order valence-electron chi connectivity index (χ1n) is 33.2. The van der Waals surface area contributed by atoms with E-state index < -0.39 is 6.10 Å². The second kappa shape index (κ2) is 65.8. The van der Waals surface area contributed by atoms with Gasteiger partial charge in [0, 0.05) is 19.3 Å². The molecule has 0 heterocycles. The van der Waals surface area contributed by atoms with Crippen LogP contribution in [-0.2, 0) is 28.6 Å². The molecule has 6 nitrogen and oxygen atoms in total. The SMILES string of the molecule is CC/C=C\C/C=C\C/C=C\C/C=C\C/C=C\CCCCCCCCCCCCCCCCCCCCCC(=O)OCC(COC(=O)CCCCCCCC)OC(=O)CCCCCCCC/C=C\C/C=C\C/C=C\CCCCC. The number of hydrogen-bond donors (Lipinski definition) is 0. The summed E-state index contributed by atoms with van der Waals surface area (Å²) in [6, 6.07) is 0. The van der Waals surface area contributed by atoms with Crippen LogP contribution in [0.3, 0.4) is 0 Å². The molecule has 448 valence electrons. The van der Waals surface area contributed by atoms with Gasteiger partial charge < -0.3 is 14.2 Å². The highest BCUT2D eigenvalue weighted by molar-refractivity contribution is 5.71. The van der Waals surface area contributed by atoms with Gasteiger partial charge in [0.2, 0.25) is 0 Å². The fraction of sp³-hybridized carbons (Fsp3) is 0.736. The molecule has 0 aliphatic carbocycles. The molecular weight excluding hydrogens is 961 g/mol. The molecule has 0 saturated carbocycles. The van der Waals surface area contributed by atoms with E-state index in [0.717, 1.165) is 116 Å². The Balaban J connectivity index is 3.98. The summed E-state index contributed by atoms with van der Waals surface area (Å²) < 4.78 is 16.8. The third kappa shape index (κ3) is 63.2. The van der Waals surface area contributed by atoms with Crippen LogP contribution in [0.2, 0.25) is 0 Å². The fourth-order valence-electron chi connectivity index (χ4n) is 9.36. The van der Waals surface area contributed by atoms with Crippen molar-refractivity contribution >= 4 is 17.9 Å². The van der Waals surface area contributed by atoms with Crippen molar-refractivity contribution in [3.8, 4) is 0 Å². The van der Waals surface area contributed by atoms with Crippen LogP contribution in [0.4, 0.5) is 0 Å². The fourth-order valence-corrected chi connectivity index (χ4v) is 9.36. The molecular formula is C72H124O6. The molecule has 78 heavy (non-hydrogen) atoms. The third-order valence-corrected chi connectivity index (χ3v) is 14.3. The number of carbonyl (C=O) groups is 3. The van der Waals surface area contributed by atoms with E-state index in [1.54, 1.807) is 0 Å². The highest BCUT2D eigenvalue weighted by Gasteiger charge is 2.19. The topological polar surface area (TPSA) is 78.9 Å². The zero-order valence-corrected chi connectivity index (χ0v) is 51.4. The van der Waals surface area contributed by atoms with Crippen molar-refractivity contribution < 1.29 is 28.6 Å². The maximum atomic E-state index is 12.8. The van der Waals surface area contributed by atoms with Crippen LogP contribution in [0, 0.1) is 0 Å². The summed E-state index contributed by atoms with van der Waals surface area (Å²) in [6.07, 6.45) is 89.0. The summed E-state index contributed by atoms with van der Waals surface area (Å²) in [5.41, 5.74) is 0. The first-order chi connectivity index (χ1) is 38.5. The minimum absolute atomic E-state index is 0.0789. The van der Waals surface area contributed by atoms with Crippen molar-refractivity contribution in [2.45, 2.75) is 329 Å². The van der Waals surface area contributed by atoms with Crippen LogP contribution >= 0.6 is 0 Å². The number of carbonyl (C=O) groups excluding carboxylic acids is 3. The maximum absolute atomic E-state index is 12.8. The molecule has 0 aliphatic rings. The van der Waals surface area contributed by atoms with Crippen LogP contribution < -0.4 is 0 Å². The third-order valence-electron chi connectivity index (χ3n) is 14.3. The Morgan fingerprint density at radius 3 is 0.808 bits per heavy atom. The zero-order valence-electron chi connectivity index (χ0n) is 51.4. The molecule has 1 unspecified atom stereocenters. The largest absolute Gasteiger partial charge is 0.462 e. The predicted octanol–water partition coefficient (Wildman–Crippen LogP) is 22.8. The van der Waals surface area contributed by atoms with Gasteiger partial charge in [0.25, 0.3) is 0 Å². The van der Waals surface area contributed by atoms with Gasteiger partial charge >= 0.3 is 17.9 Å². The van der Waals surface area contributed by atoms with Gasteiger partial charge in [-0.1, -0.05) is 298 Å². The Kier molecular flexibility index (Phi) is 62.7. The smallest absolute Gasteiger partial charge is 0.306 e. The van der Waals surface area contributed by atoms with E-state index in [-0.39, 0.29) is 31.1 Å². The molecule has 0 bridgehead atoms. The normalized spacial score (nSPS) is 12.7. The van der Waals surface area contributed by atoms with E-state index in [1.165, 1.54) is 167 Å². The molecule has 0 aromatic rings. The monoisotopic (exact) mass is 1080 g/mol. The second-order valence-electron chi connectivity index (χ2n) is 22.0. The van der Waals surface area contributed by atoms with Crippen molar-refractivity contribution in [3.63, 3.8) is 0 Å².